The van der Waals surface area contributed by atoms with Crippen LogP contribution in [0.1, 0.15) is 18.4 Å². The first-order chi connectivity index (χ1) is 8.88. The van der Waals surface area contributed by atoms with Crippen LogP contribution < -0.4 is 10.1 Å². The number of halogens is 5. The first-order valence-electron chi connectivity index (χ1n) is 5.81. The molecule has 106 valence electrons. The summed E-state index contributed by atoms with van der Waals surface area (Å²) in [6.07, 6.45) is -3.00. The van der Waals surface area contributed by atoms with Crippen LogP contribution in [0.4, 0.5) is 13.2 Å². The van der Waals surface area contributed by atoms with Gasteiger partial charge in [0, 0.05) is 0 Å². The van der Waals surface area contributed by atoms with E-state index in [1.165, 1.54) is 0 Å². The molecule has 2 nitrogen and oxygen atoms in total. The molecule has 0 atom stereocenters. The van der Waals surface area contributed by atoms with Crippen molar-refractivity contribution in [2.45, 2.75) is 25.1 Å². The van der Waals surface area contributed by atoms with Crippen molar-refractivity contribution in [1.29, 1.82) is 0 Å². The number of nitrogens with one attached hydrogen (secondary N) is 1. The van der Waals surface area contributed by atoms with Gasteiger partial charge in [-0.3, -0.25) is 0 Å². The largest absolute Gasteiger partial charge is 0.487 e. The van der Waals surface area contributed by atoms with Gasteiger partial charge in [0.15, 0.2) is 5.75 Å². The monoisotopic (exact) mass is 313 g/mol. The number of piperidine rings is 1. The molecule has 0 saturated carbocycles. The van der Waals surface area contributed by atoms with Crippen molar-refractivity contribution >= 4 is 23.2 Å². The minimum Gasteiger partial charge on any atom is -0.487 e. The van der Waals surface area contributed by atoms with Gasteiger partial charge in [-0.15, -0.1) is 0 Å². The predicted octanol–water partition coefficient (Wildman–Crippen LogP) is 4.14. The molecule has 0 spiro atoms. The average Bonchev–Trinajstić information content (AvgIpc) is 2.33. The number of hydrogen-bond acceptors (Lipinski definition) is 2. The van der Waals surface area contributed by atoms with E-state index in [-0.39, 0.29) is 21.9 Å². The van der Waals surface area contributed by atoms with Crippen molar-refractivity contribution in [1.82, 2.24) is 5.32 Å². The Balaban J connectivity index is 2.21. The number of hydrogen-bond donors (Lipinski definition) is 1. The van der Waals surface area contributed by atoms with Gasteiger partial charge in [-0.2, -0.15) is 13.2 Å². The molecule has 1 heterocycles. The third-order valence-electron chi connectivity index (χ3n) is 2.90. The molecule has 2 rings (SSSR count). The molecule has 1 N–H and O–H groups in total. The molecule has 1 aromatic carbocycles. The van der Waals surface area contributed by atoms with E-state index in [2.05, 4.69) is 5.32 Å². The quantitative estimate of drug-likeness (QED) is 0.886. The van der Waals surface area contributed by atoms with E-state index in [4.69, 9.17) is 27.9 Å². The van der Waals surface area contributed by atoms with E-state index in [1.807, 2.05) is 0 Å². The summed E-state index contributed by atoms with van der Waals surface area (Å²) in [7, 11) is 0. The Bertz CT molecular complexity index is 436. The van der Waals surface area contributed by atoms with Gasteiger partial charge in [-0.1, -0.05) is 23.2 Å². The summed E-state index contributed by atoms with van der Waals surface area (Å²) in [4.78, 5) is 0. The van der Waals surface area contributed by atoms with Crippen molar-refractivity contribution in [2.24, 2.45) is 0 Å². The van der Waals surface area contributed by atoms with E-state index in [0.717, 1.165) is 38.1 Å². The van der Waals surface area contributed by atoms with E-state index < -0.39 is 11.7 Å². The molecule has 1 saturated heterocycles. The fraction of sp³-hybridized carbons (Fsp3) is 0.500. The standard InChI is InChI=1S/C12H12Cl2F3NO/c13-9-5-7(12(15,16)17)6-10(14)11(9)19-8-1-3-18-4-2-8/h5-6,8,18H,1-4H2. The van der Waals surface area contributed by atoms with Crippen molar-refractivity contribution in [3.63, 3.8) is 0 Å². The first-order valence-corrected chi connectivity index (χ1v) is 6.57. The van der Waals surface area contributed by atoms with Crippen molar-refractivity contribution < 1.29 is 17.9 Å². The molecule has 0 bridgehead atoms. The molecular weight excluding hydrogens is 302 g/mol. The van der Waals surface area contributed by atoms with Crippen LogP contribution in [-0.2, 0) is 6.18 Å². The molecule has 1 aromatic rings. The molecule has 7 heteroatoms. The van der Waals surface area contributed by atoms with Crippen LogP contribution in [0.25, 0.3) is 0 Å². The highest BCUT2D eigenvalue weighted by Gasteiger charge is 2.32. The Morgan fingerprint density at radius 3 is 2.11 bits per heavy atom. The Hall–Kier alpha value is -0.650. The minimum atomic E-state index is -4.47. The second kappa shape index (κ2) is 5.77. The van der Waals surface area contributed by atoms with Gasteiger partial charge in [0.05, 0.1) is 15.6 Å². The Labute approximate surface area is 118 Å². The lowest BCUT2D eigenvalue weighted by Gasteiger charge is -2.25. The maximum absolute atomic E-state index is 12.6. The molecule has 0 amide bonds. The summed E-state index contributed by atoms with van der Waals surface area (Å²) < 4.78 is 43.3. The fourth-order valence-electron chi connectivity index (χ4n) is 1.92. The zero-order valence-corrected chi connectivity index (χ0v) is 11.4. The zero-order valence-electron chi connectivity index (χ0n) is 9.86. The van der Waals surface area contributed by atoms with Gasteiger partial charge in [0.1, 0.15) is 6.10 Å². The van der Waals surface area contributed by atoms with E-state index in [9.17, 15) is 13.2 Å². The normalized spacial score (nSPS) is 17.5. The smallest absolute Gasteiger partial charge is 0.416 e. The van der Waals surface area contributed by atoms with Crippen LogP contribution in [0.5, 0.6) is 5.75 Å². The Kier molecular flexibility index (Phi) is 4.48. The lowest BCUT2D eigenvalue weighted by Crippen LogP contribution is -2.34. The Morgan fingerprint density at radius 2 is 1.63 bits per heavy atom. The predicted molar refractivity (Wildman–Crippen MR) is 68.0 cm³/mol. The van der Waals surface area contributed by atoms with E-state index >= 15 is 0 Å². The van der Waals surface area contributed by atoms with Crippen LogP contribution in [0.3, 0.4) is 0 Å². The van der Waals surface area contributed by atoms with Crippen LogP contribution in [-0.4, -0.2) is 19.2 Å². The molecule has 1 aliphatic heterocycles. The molecule has 19 heavy (non-hydrogen) atoms. The van der Waals surface area contributed by atoms with E-state index in [1.54, 1.807) is 0 Å². The van der Waals surface area contributed by atoms with Crippen LogP contribution >= 0.6 is 23.2 Å². The molecule has 1 aliphatic rings. The summed E-state index contributed by atoms with van der Waals surface area (Å²) in [5.74, 6) is 0.128. The van der Waals surface area contributed by atoms with Crippen LogP contribution in [0.15, 0.2) is 12.1 Å². The highest BCUT2D eigenvalue weighted by Crippen LogP contribution is 2.40. The molecule has 1 fully saturated rings. The molecule has 0 radical (unpaired) electrons. The van der Waals surface area contributed by atoms with Gasteiger partial charge >= 0.3 is 6.18 Å². The topological polar surface area (TPSA) is 21.3 Å². The minimum absolute atomic E-state index is 0.0759. The molecule has 0 unspecified atom stereocenters. The highest BCUT2D eigenvalue weighted by atomic mass is 35.5. The molecule has 0 aromatic heterocycles. The Morgan fingerprint density at radius 1 is 1.11 bits per heavy atom. The lowest BCUT2D eigenvalue weighted by atomic mass is 10.1. The number of alkyl halides is 3. The SMILES string of the molecule is FC(F)(F)c1cc(Cl)c(OC2CCNCC2)c(Cl)c1. The first kappa shape index (κ1) is 14.8. The van der Waals surface area contributed by atoms with Crippen LogP contribution in [0, 0.1) is 0 Å². The maximum Gasteiger partial charge on any atom is 0.416 e. The summed E-state index contributed by atoms with van der Waals surface area (Å²) in [6.45, 7) is 1.61. The van der Waals surface area contributed by atoms with Gasteiger partial charge in [-0.25, -0.2) is 0 Å². The number of benzene rings is 1. The summed E-state index contributed by atoms with van der Waals surface area (Å²) in [5, 5.41) is 2.94. The second-order valence-corrected chi connectivity index (χ2v) is 5.15. The zero-order chi connectivity index (χ0) is 14.0. The third kappa shape index (κ3) is 3.68. The maximum atomic E-state index is 12.6. The summed E-state index contributed by atoms with van der Waals surface area (Å²) in [5.41, 5.74) is -0.875. The van der Waals surface area contributed by atoms with Crippen LogP contribution in [0.2, 0.25) is 10.0 Å². The highest BCUT2D eigenvalue weighted by molar-refractivity contribution is 6.37. The van der Waals surface area contributed by atoms with Crippen molar-refractivity contribution in [2.75, 3.05) is 13.1 Å². The number of rotatable bonds is 2. The van der Waals surface area contributed by atoms with Gasteiger partial charge in [0.2, 0.25) is 0 Å². The second-order valence-electron chi connectivity index (χ2n) is 4.33. The van der Waals surface area contributed by atoms with Gasteiger partial charge < -0.3 is 10.1 Å². The average molecular weight is 314 g/mol. The van der Waals surface area contributed by atoms with Crippen molar-refractivity contribution in [3.05, 3.63) is 27.7 Å². The van der Waals surface area contributed by atoms with Gasteiger partial charge in [0.25, 0.3) is 0 Å². The molecular formula is C12H12Cl2F3NO. The van der Waals surface area contributed by atoms with Crippen molar-refractivity contribution in [3.8, 4) is 5.75 Å². The summed E-state index contributed by atoms with van der Waals surface area (Å²) in [6, 6.07) is 1.67. The lowest BCUT2D eigenvalue weighted by molar-refractivity contribution is -0.137. The third-order valence-corrected chi connectivity index (χ3v) is 3.46. The number of ether oxygens (including phenoxy) is 1. The summed E-state index contributed by atoms with van der Waals surface area (Å²) >= 11 is 11.7. The molecule has 0 aliphatic carbocycles. The fourth-order valence-corrected chi connectivity index (χ4v) is 2.49. The van der Waals surface area contributed by atoms with Gasteiger partial charge in [-0.05, 0) is 38.1 Å². The van der Waals surface area contributed by atoms with E-state index in [0.29, 0.717) is 0 Å².